The molecule has 0 bridgehead atoms. The lowest BCUT2D eigenvalue weighted by atomic mass is 9.75. The van der Waals surface area contributed by atoms with Crippen molar-refractivity contribution in [2.45, 2.75) is 52.0 Å². The van der Waals surface area contributed by atoms with E-state index < -0.39 is 64.9 Å². The molecule has 0 spiro atoms. The molecular formula is C21H19BF7NO3. The fraction of sp³-hybridized carbons (Fsp3) is 0.381. The topological polar surface area (TPSA) is 47.6 Å². The van der Waals surface area contributed by atoms with Gasteiger partial charge >= 0.3 is 13.3 Å². The number of alkyl halides is 3. The minimum Gasteiger partial charge on any atom is -0.399 e. The van der Waals surface area contributed by atoms with Crippen LogP contribution in [0.1, 0.15) is 49.2 Å². The molecule has 3 rings (SSSR count). The Balaban J connectivity index is 2.05. The predicted molar refractivity (Wildman–Crippen MR) is 106 cm³/mol. The minimum absolute atomic E-state index is 0.144. The molecule has 2 aromatic carbocycles. The zero-order valence-corrected chi connectivity index (χ0v) is 18.2. The number of aryl methyl sites for hydroxylation is 1. The van der Waals surface area contributed by atoms with Crippen LogP contribution in [0.5, 0.6) is 0 Å². The van der Waals surface area contributed by atoms with Crippen LogP contribution >= 0.6 is 0 Å². The second-order valence-corrected chi connectivity index (χ2v) is 8.64. The summed E-state index contributed by atoms with van der Waals surface area (Å²) in [5, 5.41) is 1.64. The smallest absolute Gasteiger partial charge is 0.399 e. The molecule has 1 aliphatic rings. The van der Waals surface area contributed by atoms with Crippen molar-refractivity contribution in [2.24, 2.45) is 0 Å². The van der Waals surface area contributed by atoms with Gasteiger partial charge in [-0.2, -0.15) is 13.2 Å². The first-order valence-electron chi connectivity index (χ1n) is 9.68. The lowest BCUT2D eigenvalue weighted by Gasteiger charge is -2.32. The second-order valence-electron chi connectivity index (χ2n) is 8.64. The summed E-state index contributed by atoms with van der Waals surface area (Å²) < 4.78 is 106. The van der Waals surface area contributed by atoms with Crippen LogP contribution in [-0.4, -0.2) is 24.2 Å². The highest BCUT2D eigenvalue weighted by Crippen LogP contribution is 2.39. The number of carbonyl (C=O) groups is 1. The van der Waals surface area contributed by atoms with E-state index in [1.165, 1.54) is 12.1 Å². The molecule has 1 fully saturated rings. The third-order valence-corrected chi connectivity index (χ3v) is 5.75. The fourth-order valence-electron chi connectivity index (χ4n) is 3.21. The molecule has 4 nitrogen and oxygen atoms in total. The van der Waals surface area contributed by atoms with Crippen molar-refractivity contribution in [3.8, 4) is 0 Å². The fourth-order valence-corrected chi connectivity index (χ4v) is 3.21. The number of nitrogens with one attached hydrogen (secondary N) is 1. The van der Waals surface area contributed by atoms with Crippen molar-refractivity contribution in [3.63, 3.8) is 0 Å². The monoisotopic (exact) mass is 477 g/mol. The van der Waals surface area contributed by atoms with Crippen molar-refractivity contribution in [2.75, 3.05) is 5.32 Å². The number of carbonyl (C=O) groups excluding carboxylic acids is 1. The Morgan fingerprint density at radius 1 is 0.909 bits per heavy atom. The Labute approximate surface area is 185 Å². The van der Waals surface area contributed by atoms with Gasteiger partial charge in [-0.25, -0.2) is 17.6 Å². The van der Waals surface area contributed by atoms with E-state index in [0.29, 0.717) is 5.56 Å². The number of hydrogen-bond acceptors (Lipinski definition) is 3. The molecule has 1 N–H and O–H groups in total. The Morgan fingerprint density at radius 3 is 1.85 bits per heavy atom. The van der Waals surface area contributed by atoms with Gasteiger partial charge in [0.05, 0.1) is 11.2 Å². The highest BCUT2D eigenvalue weighted by atomic mass is 19.4. The molecule has 0 atom stereocenters. The van der Waals surface area contributed by atoms with E-state index in [-0.39, 0.29) is 11.0 Å². The summed E-state index contributed by atoms with van der Waals surface area (Å²) in [4.78, 5) is 12.9. The molecule has 0 unspecified atom stereocenters. The Hall–Kier alpha value is -2.60. The van der Waals surface area contributed by atoms with E-state index in [1.54, 1.807) is 46.0 Å². The molecule has 0 saturated carbocycles. The zero-order valence-electron chi connectivity index (χ0n) is 18.2. The van der Waals surface area contributed by atoms with E-state index in [1.807, 2.05) is 0 Å². The molecular weight excluding hydrogens is 458 g/mol. The SMILES string of the molecule is Cc1ccc(B2OC(C)(C)C(C)(C)O2)c(C(=O)Nc2c(F)c(F)c(C(F)(F)F)c(F)c2F)c1. The average molecular weight is 477 g/mol. The highest BCUT2D eigenvalue weighted by molar-refractivity contribution is 6.63. The summed E-state index contributed by atoms with van der Waals surface area (Å²) in [6.45, 7) is 8.60. The van der Waals surface area contributed by atoms with Crippen LogP contribution in [0.2, 0.25) is 0 Å². The standard InChI is InChI=1S/C21H19BF7NO3/c1-9-6-7-11(22-32-19(2,3)20(4,5)33-22)10(8-9)18(31)30-17-15(25)13(23)12(21(27,28)29)14(24)16(17)26/h6-8H,1-5H3,(H,30,31). The summed E-state index contributed by atoms with van der Waals surface area (Å²) in [5.41, 5.74) is -5.56. The van der Waals surface area contributed by atoms with Crippen molar-refractivity contribution >= 4 is 24.2 Å². The zero-order chi connectivity index (χ0) is 25.1. The van der Waals surface area contributed by atoms with E-state index in [0.717, 1.165) is 0 Å². The van der Waals surface area contributed by atoms with Gasteiger partial charge in [0, 0.05) is 5.56 Å². The molecule has 2 aromatic rings. The minimum atomic E-state index is -5.70. The third-order valence-electron chi connectivity index (χ3n) is 5.75. The number of benzene rings is 2. The van der Waals surface area contributed by atoms with Crippen LogP contribution in [-0.2, 0) is 15.5 Å². The third kappa shape index (κ3) is 4.33. The van der Waals surface area contributed by atoms with Gasteiger partial charge < -0.3 is 14.6 Å². The quantitative estimate of drug-likeness (QED) is 0.380. The number of halogens is 7. The first kappa shape index (κ1) is 25.0. The first-order chi connectivity index (χ1) is 15.0. The highest BCUT2D eigenvalue weighted by Gasteiger charge is 2.52. The summed E-state index contributed by atoms with van der Waals surface area (Å²) in [6.07, 6.45) is -5.70. The summed E-state index contributed by atoms with van der Waals surface area (Å²) >= 11 is 0. The lowest BCUT2D eigenvalue weighted by molar-refractivity contribution is -0.143. The van der Waals surface area contributed by atoms with E-state index in [4.69, 9.17) is 9.31 Å². The van der Waals surface area contributed by atoms with E-state index >= 15 is 0 Å². The van der Waals surface area contributed by atoms with Crippen molar-refractivity contribution in [1.82, 2.24) is 0 Å². The number of rotatable bonds is 3. The number of hydrogen-bond donors (Lipinski definition) is 1. The summed E-state index contributed by atoms with van der Waals surface area (Å²) in [7, 11) is -1.08. The lowest BCUT2D eigenvalue weighted by Crippen LogP contribution is -2.41. The molecule has 0 aliphatic carbocycles. The van der Waals surface area contributed by atoms with Crippen molar-refractivity contribution < 1.29 is 44.8 Å². The van der Waals surface area contributed by atoms with Crippen LogP contribution in [0.25, 0.3) is 0 Å². The largest absolute Gasteiger partial charge is 0.495 e. The van der Waals surface area contributed by atoms with Crippen LogP contribution in [0.15, 0.2) is 18.2 Å². The molecule has 12 heteroatoms. The maximum atomic E-state index is 14.2. The van der Waals surface area contributed by atoms with E-state index in [9.17, 15) is 35.5 Å². The van der Waals surface area contributed by atoms with Gasteiger partial charge in [0.2, 0.25) is 0 Å². The molecule has 1 aliphatic heterocycles. The molecule has 33 heavy (non-hydrogen) atoms. The second kappa shape index (κ2) is 8.02. The summed E-state index contributed by atoms with van der Waals surface area (Å²) in [6, 6.07) is 4.38. The van der Waals surface area contributed by atoms with Gasteiger partial charge in [0.1, 0.15) is 11.3 Å². The molecule has 1 heterocycles. The first-order valence-corrected chi connectivity index (χ1v) is 9.68. The maximum absolute atomic E-state index is 14.2. The van der Waals surface area contributed by atoms with Crippen LogP contribution < -0.4 is 10.8 Å². The number of amides is 1. The Kier molecular flexibility index (Phi) is 6.08. The van der Waals surface area contributed by atoms with Gasteiger partial charge in [-0.1, -0.05) is 17.7 Å². The Morgan fingerprint density at radius 2 is 1.39 bits per heavy atom. The summed E-state index contributed by atoms with van der Waals surface area (Å²) in [5.74, 6) is -11.4. The van der Waals surface area contributed by atoms with Crippen LogP contribution in [0, 0.1) is 30.2 Å². The molecule has 178 valence electrons. The van der Waals surface area contributed by atoms with E-state index in [2.05, 4.69) is 0 Å². The van der Waals surface area contributed by atoms with Crippen molar-refractivity contribution in [1.29, 1.82) is 0 Å². The van der Waals surface area contributed by atoms with Crippen LogP contribution in [0.4, 0.5) is 36.4 Å². The Bertz CT molecular complexity index is 1090. The molecule has 0 radical (unpaired) electrons. The van der Waals surface area contributed by atoms with Gasteiger partial charge in [-0.3, -0.25) is 4.79 Å². The van der Waals surface area contributed by atoms with Crippen molar-refractivity contribution in [3.05, 3.63) is 58.2 Å². The van der Waals surface area contributed by atoms with Gasteiger partial charge in [0.15, 0.2) is 23.3 Å². The maximum Gasteiger partial charge on any atom is 0.495 e. The number of anilines is 1. The van der Waals surface area contributed by atoms with Gasteiger partial charge in [-0.15, -0.1) is 0 Å². The van der Waals surface area contributed by atoms with Gasteiger partial charge in [0.25, 0.3) is 5.91 Å². The van der Waals surface area contributed by atoms with Gasteiger partial charge in [-0.05, 0) is 46.1 Å². The molecule has 0 aromatic heterocycles. The molecule has 1 amide bonds. The normalized spacial score (nSPS) is 17.4. The predicted octanol–water partition coefficient (Wildman–Crippen LogP) is 5.12. The average Bonchev–Trinajstić information content (AvgIpc) is 2.89. The van der Waals surface area contributed by atoms with Crippen LogP contribution in [0.3, 0.4) is 0 Å². The molecule has 1 saturated heterocycles.